The highest BCUT2D eigenvalue weighted by molar-refractivity contribution is 7.80. The van der Waals surface area contributed by atoms with Crippen LogP contribution >= 0.6 is 12.6 Å². The van der Waals surface area contributed by atoms with Gasteiger partial charge in [-0.3, -0.25) is 9.69 Å². The van der Waals surface area contributed by atoms with Gasteiger partial charge in [0.15, 0.2) is 0 Å². The predicted molar refractivity (Wildman–Crippen MR) is 61.5 cm³/mol. The highest BCUT2D eigenvalue weighted by Crippen LogP contribution is 2.33. The number of nitrogens with zero attached hydrogens (tertiary/aromatic N) is 1. The molecule has 0 aromatic heterocycles. The Morgan fingerprint density at radius 1 is 1.38 bits per heavy atom. The summed E-state index contributed by atoms with van der Waals surface area (Å²) in [6.07, 6.45) is 1.71. The number of carbonyl (C=O) groups excluding carboxylic acids is 2. The van der Waals surface area contributed by atoms with Crippen molar-refractivity contribution >= 4 is 24.6 Å². The van der Waals surface area contributed by atoms with Crippen molar-refractivity contribution in [2.24, 2.45) is 5.41 Å². The van der Waals surface area contributed by atoms with Crippen molar-refractivity contribution in [1.29, 1.82) is 0 Å². The number of thiol groups is 1. The molecule has 3 amide bonds. The summed E-state index contributed by atoms with van der Waals surface area (Å²) in [5.74, 6) is 0.533. The lowest BCUT2D eigenvalue weighted by molar-refractivity contribution is -0.126. The summed E-state index contributed by atoms with van der Waals surface area (Å²) < 4.78 is 5.31. The van der Waals surface area contributed by atoms with Crippen molar-refractivity contribution in [2.75, 3.05) is 32.1 Å². The van der Waals surface area contributed by atoms with Crippen LogP contribution < -0.4 is 5.32 Å². The average Bonchev–Trinajstić information content (AvgIpc) is 2.62. The van der Waals surface area contributed by atoms with Gasteiger partial charge in [-0.05, 0) is 18.6 Å². The highest BCUT2D eigenvalue weighted by atomic mass is 32.1. The van der Waals surface area contributed by atoms with Crippen LogP contribution in [0.25, 0.3) is 0 Å². The first-order valence-corrected chi connectivity index (χ1v) is 6.07. The van der Waals surface area contributed by atoms with E-state index in [4.69, 9.17) is 4.74 Å². The number of imide groups is 1. The second-order valence-corrected chi connectivity index (χ2v) is 4.73. The molecule has 0 spiro atoms. The van der Waals surface area contributed by atoms with E-state index in [1.807, 2.05) is 0 Å². The molecule has 2 aliphatic rings. The molecule has 0 aromatic carbocycles. The van der Waals surface area contributed by atoms with E-state index in [2.05, 4.69) is 17.9 Å². The molecule has 0 unspecified atom stereocenters. The zero-order chi connectivity index (χ0) is 11.6. The maximum Gasteiger partial charge on any atom is 0.324 e. The Labute approximate surface area is 99.9 Å². The smallest absolute Gasteiger partial charge is 0.324 e. The quantitative estimate of drug-likeness (QED) is 0.553. The molecule has 2 fully saturated rings. The zero-order valence-electron chi connectivity index (χ0n) is 9.07. The van der Waals surface area contributed by atoms with Crippen LogP contribution in [-0.2, 0) is 9.53 Å². The zero-order valence-corrected chi connectivity index (χ0v) is 9.96. The molecule has 2 heterocycles. The van der Waals surface area contributed by atoms with E-state index >= 15 is 0 Å². The Morgan fingerprint density at radius 2 is 2.06 bits per heavy atom. The van der Waals surface area contributed by atoms with E-state index in [1.54, 1.807) is 0 Å². The Balaban J connectivity index is 2.05. The van der Waals surface area contributed by atoms with Crippen LogP contribution in [-0.4, -0.2) is 48.9 Å². The van der Waals surface area contributed by atoms with Crippen LogP contribution in [0, 0.1) is 5.41 Å². The number of carbonyl (C=O) groups is 2. The largest absolute Gasteiger partial charge is 0.381 e. The van der Waals surface area contributed by atoms with Crippen LogP contribution in [0.4, 0.5) is 4.79 Å². The van der Waals surface area contributed by atoms with Crippen molar-refractivity contribution in [1.82, 2.24) is 10.2 Å². The SMILES string of the molecule is O=C1CNC(=O)N1CC1(CS)CCOCC1. The molecule has 16 heavy (non-hydrogen) atoms. The average molecular weight is 244 g/mol. The molecule has 0 saturated carbocycles. The fraction of sp³-hybridized carbons (Fsp3) is 0.800. The minimum atomic E-state index is -0.280. The minimum Gasteiger partial charge on any atom is -0.381 e. The Bertz CT molecular complexity index is 286. The van der Waals surface area contributed by atoms with Crippen LogP contribution in [0.2, 0.25) is 0 Å². The molecule has 0 aliphatic carbocycles. The van der Waals surface area contributed by atoms with Gasteiger partial charge in [0.05, 0.1) is 6.54 Å². The molecule has 0 radical (unpaired) electrons. The van der Waals surface area contributed by atoms with Crippen LogP contribution in [0.15, 0.2) is 0 Å². The first kappa shape index (κ1) is 11.7. The minimum absolute atomic E-state index is 0.0707. The monoisotopic (exact) mass is 244 g/mol. The van der Waals surface area contributed by atoms with E-state index in [-0.39, 0.29) is 23.9 Å². The molecule has 0 aromatic rings. The Kier molecular flexibility index (Phi) is 3.39. The number of rotatable bonds is 3. The molecule has 0 bridgehead atoms. The van der Waals surface area contributed by atoms with E-state index in [0.717, 1.165) is 12.8 Å². The molecular weight excluding hydrogens is 228 g/mol. The molecule has 90 valence electrons. The van der Waals surface area contributed by atoms with Gasteiger partial charge in [0.1, 0.15) is 0 Å². The number of amides is 3. The molecule has 2 aliphatic heterocycles. The van der Waals surface area contributed by atoms with Gasteiger partial charge in [-0.25, -0.2) is 4.79 Å². The molecule has 5 nitrogen and oxygen atoms in total. The number of nitrogens with one attached hydrogen (secondary N) is 1. The van der Waals surface area contributed by atoms with Crippen molar-refractivity contribution < 1.29 is 14.3 Å². The van der Waals surface area contributed by atoms with Crippen molar-refractivity contribution in [3.63, 3.8) is 0 Å². The van der Waals surface area contributed by atoms with Crippen LogP contribution in [0.1, 0.15) is 12.8 Å². The van der Waals surface area contributed by atoms with Gasteiger partial charge >= 0.3 is 6.03 Å². The molecule has 6 heteroatoms. The standard InChI is InChI=1S/C10H16N2O3S/c13-8-5-11-9(14)12(8)6-10(7-16)1-3-15-4-2-10/h16H,1-7H2,(H,11,14). The number of hydrogen-bond donors (Lipinski definition) is 2. The number of ether oxygens (including phenoxy) is 1. The highest BCUT2D eigenvalue weighted by Gasteiger charge is 2.39. The van der Waals surface area contributed by atoms with E-state index in [0.29, 0.717) is 25.5 Å². The third-order valence-corrected chi connectivity index (χ3v) is 3.99. The maximum absolute atomic E-state index is 11.5. The molecule has 1 N–H and O–H groups in total. The van der Waals surface area contributed by atoms with Crippen molar-refractivity contribution in [3.8, 4) is 0 Å². The molecule has 2 rings (SSSR count). The lowest BCUT2D eigenvalue weighted by atomic mass is 9.81. The summed E-state index contributed by atoms with van der Waals surface area (Å²) in [7, 11) is 0. The fourth-order valence-electron chi connectivity index (χ4n) is 2.12. The summed E-state index contributed by atoms with van der Waals surface area (Å²) in [6, 6.07) is -0.280. The third-order valence-electron chi connectivity index (χ3n) is 3.32. The number of urea groups is 1. The second-order valence-electron chi connectivity index (χ2n) is 4.41. The number of hydrogen-bond acceptors (Lipinski definition) is 4. The van der Waals surface area contributed by atoms with E-state index in [1.165, 1.54) is 4.90 Å². The normalized spacial score (nSPS) is 24.7. The Morgan fingerprint density at radius 3 is 2.56 bits per heavy atom. The van der Waals surface area contributed by atoms with Gasteiger partial charge in [0, 0.05) is 25.2 Å². The van der Waals surface area contributed by atoms with Gasteiger partial charge in [0.2, 0.25) is 5.91 Å². The first-order chi connectivity index (χ1) is 7.67. The fourth-order valence-corrected chi connectivity index (χ4v) is 2.54. The second kappa shape index (κ2) is 4.63. The lowest BCUT2D eigenvalue weighted by Crippen LogP contribution is -2.45. The van der Waals surface area contributed by atoms with E-state index in [9.17, 15) is 9.59 Å². The lowest BCUT2D eigenvalue weighted by Gasteiger charge is -2.37. The summed E-state index contributed by atoms with van der Waals surface area (Å²) >= 11 is 4.36. The molecule has 0 atom stereocenters. The Hall–Kier alpha value is -0.750. The van der Waals surface area contributed by atoms with Crippen molar-refractivity contribution in [2.45, 2.75) is 12.8 Å². The molecular formula is C10H16N2O3S. The van der Waals surface area contributed by atoms with Gasteiger partial charge < -0.3 is 10.1 Å². The topological polar surface area (TPSA) is 58.6 Å². The van der Waals surface area contributed by atoms with E-state index < -0.39 is 0 Å². The van der Waals surface area contributed by atoms with Gasteiger partial charge in [-0.15, -0.1) is 0 Å². The predicted octanol–water partition coefficient (Wildman–Crippen LogP) is 0.265. The summed E-state index contributed by atoms with van der Waals surface area (Å²) in [5.41, 5.74) is -0.0707. The first-order valence-electron chi connectivity index (χ1n) is 5.44. The van der Waals surface area contributed by atoms with Crippen LogP contribution in [0.3, 0.4) is 0 Å². The maximum atomic E-state index is 11.5. The molecule has 2 saturated heterocycles. The van der Waals surface area contributed by atoms with Gasteiger partial charge in [-0.2, -0.15) is 12.6 Å². The van der Waals surface area contributed by atoms with Gasteiger partial charge in [-0.1, -0.05) is 0 Å². The summed E-state index contributed by atoms with van der Waals surface area (Å²) in [6.45, 7) is 1.96. The van der Waals surface area contributed by atoms with Crippen molar-refractivity contribution in [3.05, 3.63) is 0 Å². The summed E-state index contributed by atoms with van der Waals surface area (Å²) in [5, 5.41) is 2.53. The van der Waals surface area contributed by atoms with Gasteiger partial charge in [0.25, 0.3) is 0 Å². The third kappa shape index (κ3) is 2.17. The van der Waals surface area contributed by atoms with Crippen LogP contribution in [0.5, 0.6) is 0 Å². The summed E-state index contributed by atoms with van der Waals surface area (Å²) in [4.78, 5) is 24.3.